The van der Waals surface area contributed by atoms with Crippen LogP contribution in [0.3, 0.4) is 0 Å². The van der Waals surface area contributed by atoms with Crippen molar-refractivity contribution in [2.45, 2.75) is 193 Å². The molecule has 0 aromatic heterocycles. The zero-order valence-electron chi connectivity index (χ0n) is 36.1. The lowest BCUT2D eigenvalue weighted by molar-refractivity contribution is -0.161. The molecule has 4 N–H and O–H groups in total. The highest BCUT2D eigenvalue weighted by atomic mass is 31.2. The number of carboxylic acids is 1. The van der Waals surface area contributed by atoms with Gasteiger partial charge in [-0.1, -0.05) is 177 Å². The Bertz CT molecular complexity index is 1210. The largest absolute Gasteiger partial charge is 0.480 e. The van der Waals surface area contributed by atoms with E-state index in [0.717, 1.165) is 44.9 Å². The van der Waals surface area contributed by atoms with E-state index in [0.29, 0.717) is 12.8 Å². The first-order valence-corrected chi connectivity index (χ1v) is 23.8. The molecule has 0 aliphatic carbocycles. The lowest BCUT2D eigenvalue weighted by Gasteiger charge is -2.20. The Hall–Kier alpha value is -2.82. The van der Waals surface area contributed by atoms with Crippen LogP contribution >= 0.6 is 7.82 Å². The van der Waals surface area contributed by atoms with Crippen LogP contribution in [-0.4, -0.2) is 59.9 Å². The predicted molar refractivity (Wildman–Crippen MR) is 235 cm³/mol. The van der Waals surface area contributed by atoms with E-state index in [4.69, 9.17) is 24.8 Å². The van der Waals surface area contributed by atoms with Crippen LogP contribution in [-0.2, 0) is 37.5 Å². The van der Waals surface area contributed by atoms with Gasteiger partial charge < -0.3 is 25.2 Å². The van der Waals surface area contributed by atoms with E-state index >= 15 is 0 Å². The predicted octanol–water partition coefficient (Wildman–Crippen LogP) is 12.0. The molecule has 0 saturated carbocycles. The summed E-state index contributed by atoms with van der Waals surface area (Å²) >= 11 is 0. The molecule has 0 heterocycles. The summed E-state index contributed by atoms with van der Waals surface area (Å²) in [5, 5.41) is 8.89. The third kappa shape index (κ3) is 40.0. The van der Waals surface area contributed by atoms with E-state index in [1.54, 1.807) is 0 Å². The van der Waals surface area contributed by atoms with Crippen molar-refractivity contribution in [2.75, 3.05) is 19.8 Å². The molecule has 0 fully saturated rings. The number of rotatable bonds is 41. The molecule has 0 bridgehead atoms. The molecule has 0 spiro atoms. The van der Waals surface area contributed by atoms with Crippen LogP contribution in [0.25, 0.3) is 0 Å². The van der Waals surface area contributed by atoms with E-state index < -0.39 is 51.1 Å². The van der Waals surface area contributed by atoms with Gasteiger partial charge in [-0.3, -0.25) is 23.4 Å². The Labute approximate surface area is 351 Å². The minimum absolute atomic E-state index is 0.0977. The maximum Gasteiger partial charge on any atom is 0.472 e. The molecular formula is C46H80NO10P. The Kier molecular flexibility index (Phi) is 38.9. The van der Waals surface area contributed by atoms with Crippen molar-refractivity contribution < 1.29 is 47.5 Å². The monoisotopic (exact) mass is 838 g/mol. The van der Waals surface area contributed by atoms with Gasteiger partial charge in [0.15, 0.2) is 6.10 Å². The van der Waals surface area contributed by atoms with Gasteiger partial charge in [-0.2, -0.15) is 0 Å². The number of phosphoric acid groups is 1. The van der Waals surface area contributed by atoms with Crippen LogP contribution in [0, 0.1) is 0 Å². The molecule has 334 valence electrons. The van der Waals surface area contributed by atoms with E-state index in [-0.39, 0.29) is 19.4 Å². The number of carbonyl (C=O) groups is 3. The van der Waals surface area contributed by atoms with Gasteiger partial charge in [0, 0.05) is 12.8 Å². The smallest absolute Gasteiger partial charge is 0.472 e. The number of hydrogen-bond acceptors (Lipinski definition) is 9. The van der Waals surface area contributed by atoms with Crippen LogP contribution in [0.4, 0.5) is 0 Å². The van der Waals surface area contributed by atoms with Crippen LogP contribution in [0.5, 0.6) is 0 Å². The van der Waals surface area contributed by atoms with Crippen molar-refractivity contribution in [3.8, 4) is 0 Å². The number of phosphoric ester groups is 1. The maximum atomic E-state index is 12.6. The average molecular weight is 838 g/mol. The van der Waals surface area contributed by atoms with Gasteiger partial charge in [0.05, 0.1) is 13.2 Å². The molecule has 0 rings (SSSR count). The van der Waals surface area contributed by atoms with Gasteiger partial charge in [-0.15, -0.1) is 0 Å². The fourth-order valence-electron chi connectivity index (χ4n) is 5.75. The molecule has 11 nitrogen and oxygen atoms in total. The average Bonchev–Trinajstić information content (AvgIpc) is 3.20. The molecular weight excluding hydrogens is 757 g/mol. The van der Waals surface area contributed by atoms with Gasteiger partial charge in [-0.25, -0.2) is 4.57 Å². The molecule has 58 heavy (non-hydrogen) atoms. The van der Waals surface area contributed by atoms with Crippen molar-refractivity contribution in [3.63, 3.8) is 0 Å². The number of aliphatic carboxylic acids is 1. The number of unbranched alkanes of at least 4 members (excludes halogenated alkanes) is 17. The first-order chi connectivity index (χ1) is 28.1. The number of hydrogen-bond donors (Lipinski definition) is 3. The van der Waals surface area contributed by atoms with Gasteiger partial charge in [0.25, 0.3) is 0 Å². The maximum absolute atomic E-state index is 12.6. The van der Waals surface area contributed by atoms with Crippen molar-refractivity contribution in [1.82, 2.24) is 0 Å². The lowest BCUT2D eigenvalue weighted by Crippen LogP contribution is -2.34. The number of esters is 2. The molecule has 12 heteroatoms. The second-order valence-electron chi connectivity index (χ2n) is 14.8. The number of allylic oxidation sites excluding steroid dienone is 10. The summed E-state index contributed by atoms with van der Waals surface area (Å²) in [4.78, 5) is 45.9. The molecule has 0 radical (unpaired) electrons. The first kappa shape index (κ1) is 55.2. The number of carbonyl (C=O) groups excluding carboxylic acids is 2. The minimum atomic E-state index is -4.73. The second-order valence-corrected chi connectivity index (χ2v) is 16.3. The molecule has 0 aliphatic heterocycles. The number of nitrogens with two attached hydrogens (primary N) is 1. The van der Waals surface area contributed by atoms with Crippen LogP contribution in [0.2, 0.25) is 0 Å². The number of ether oxygens (including phenoxy) is 2. The Balaban J connectivity index is 4.47. The zero-order valence-corrected chi connectivity index (χ0v) is 37.0. The Morgan fingerprint density at radius 3 is 1.43 bits per heavy atom. The van der Waals surface area contributed by atoms with E-state index in [1.165, 1.54) is 96.3 Å². The molecule has 0 amide bonds. The Morgan fingerprint density at radius 1 is 0.534 bits per heavy atom. The summed E-state index contributed by atoms with van der Waals surface area (Å²) < 4.78 is 32.6. The van der Waals surface area contributed by atoms with Crippen LogP contribution in [0.1, 0.15) is 181 Å². The molecule has 3 atom stereocenters. The van der Waals surface area contributed by atoms with Gasteiger partial charge in [0.2, 0.25) is 0 Å². The third-order valence-electron chi connectivity index (χ3n) is 9.28. The normalized spacial score (nSPS) is 14.3. The minimum Gasteiger partial charge on any atom is -0.480 e. The topological polar surface area (TPSA) is 172 Å². The summed E-state index contributed by atoms with van der Waals surface area (Å²) in [6.45, 7) is 2.70. The highest BCUT2D eigenvalue weighted by Crippen LogP contribution is 2.43. The summed E-state index contributed by atoms with van der Waals surface area (Å²) in [6, 6.07) is -1.53. The van der Waals surface area contributed by atoms with E-state index in [9.17, 15) is 23.8 Å². The SMILES string of the molecule is CCCCC/C=C/C/C=C/C/C=C/C/C=C/C/C=C/CCC(=O)OC[C@H](COP(=O)(O)OC[C@H](N)C(=O)O)OC(=O)CCCCCCCCCCCCCCCCC. The van der Waals surface area contributed by atoms with Crippen molar-refractivity contribution in [3.05, 3.63) is 60.8 Å². The molecule has 1 unspecified atom stereocenters. The standard InChI is InChI=1S/C46H80NO10P/c1-3-5-7-9-11-13-15-17-19-20-21-22-24-25-27-29-31-33-35-37-44(48)54-39-42(40-55-58(52,53)56-41-43(47)46(50)51)57-45(49)38-36-34-32-30-28-26-23-18-16-14-12-10-8-6-4-2/h11,13,17,19,21-22,25,27,31,33,42-43H,3-10,12,14-16,18,20,23-24,26,28-30,32,34-41,47H2,1-2H3,(H,50,51)(H,52,53)/b13-11+,19-17+,22-21+,27-25+,33-31+/t42-,43+/m1/s1. The molecule has 0 aromatic rings. The van der Waals surface area contributed by atoms with E-state index in [1.807, 2.05) is 12.2 Å². The second kappa shape index (κ2) is 40.9. The summed E-state index contributed by atoms with van der Waals surface area (Å²) in [6.07, 6.45) is 47.2. The lowest BCUT2D eigenvalue weighted by atomic mass is 10.0. The Morgan fingerprint density at radius 2 is 0.948 bits per heavy atom. The van der Waals surface area contributed by atoms with Crippen molar-refractivity contribution in [1.29, 1.82) is 0 Å². The quantitative estimate of drug-likeness (QED) is 0.0231. The highest BCUT2D eigenvalue weighted by molar-refractivity contribution is 7.47. The fraction of sp³-hybridized carbons (Fsp3) is 0.717. The summed E-state index contributed by atoms with van der Waals surface area (Å²) in [5.74, 6) is -2.48. The van der Waals surface area contributed by atoms with Gasteiger partial charge in [-0.05, 0) is 51.4 Å². The molecule has 0 aromatic carbocycles. The third-order valence-corrected chi connectivity index (χ3v) is 10.2. The summed E-state index contributed by atoms with van der Waals surface area (Å²) in [5.41, 5.74) is 5.33. The molecule has 0 aliphatic rings. The van der Waals surface area contributed by atoms with Gasteiger partial charge in [0.1, 0.15) is 12.6 Å². The number of carboxylic acid groups (broad SMARTS) is 1. The van der Waals surface area contributed by atoms with Crippen LogP contribution < -0.4 is 5.73 Å². The zero-order chi connectivity index (χ0) is 42.8. The van der Waals surface area contributed by atoms with Crippen molar-refractivity contribution >= 4 is 25.7 Å². The molecule has 0 saturated heterocycles. The van der Waals surface area contributed by atoms with E-state index in [2.05, 4.69) is 67.0 Å². The summed E-state index contributed by atoms with van der Waals surface area (Å²) in [7, 11) is -4.73. The van der Waals surface area contributed by atoms with Crippen molar-refractivity contribution in [2.24, 2.45) is 5.73 Å². The fourth-order valence-corrected chi connectivity index (χ4v) is 6.53. The first-order valence-electron chi connectivity index (χ1n) is 22.3. The van der Waals surface area contributed by atoms with Crippen LogP contribution in [0.15, 0.2) is 60.8 Å². The highest BCUT2D eigenvalue weighted by Gasteiger charge is 2.28. The van der Waals surface area contributed by atoms with Gasteiger partial charge >= 0.3 is 25.7 Å².